The average Bonchev–Trinajstić information content (AvgIpc) is 2.58. The third kappa shape index (κ3) is 3.77. The van der Waals surface area contributed by atoms with Crippen LogP contribution < -0.4 is 5.32 Å². The summed E-state index contributed by atoms with van der Waals surface area (Å²) in [5.74, 6) is 0.625. The Morgan fingerprint density at radius 2 is 2.04 bits per heavy atom. The van der Waals surface area contributed by atoms with Crippen LogP contribution in [0.2, 0.25) is 0 Å². The fourth-order valence-corrected chi connectivity index (χ4v) is 4.25. The Bertz CT molecular complexity index is 542. The summed E-state index contributed by atoms with van der Waals surface area (Å²) in [5, 5.41) is 3.46. The summed E-state index contributed by atoms with van der Waals surface area (Å²) < 4.78 is 0. The topological polar surface area (TPSA) is 32.3 Å². The standard InChI is InChI=1S/C20H30N2O/c1-3-12-22(20(23)18-10-11-21-15(2)13-18)19-9-8-16-6-4-5-7-17(16)14-19/h4-7,15,18-19,21H,3,8-14H2,1-2H3/t15-,18-,19?/m0/s1. The zero-order valence-corrected chi connectivity index (χ0v) is 14.6. The highest BCUT2D eigenvalue weighted by atomic mass is 16.2. The molecular formula is C20H30N2O. The first-order chi connectivity index (χ1) is 11.2. The van der Waals surface area contributed by atoms with Gasteiger partial charge in [-0.3, -0.25) is 4.79 Å². The Morgan fingerprint density at radius 1 is 1.26 bits per heavy atom. The van der Waals surface area contributed by atoms with E-state index in [0.29, 0.717) is 18.0 Å². The Labute approximate surface area is 140 Å². The van der Waals surface area contributed by atoms with Crippen LogP contribution >= 0.6 is 0 Å². The maximum atomic E-state index is 13.1. The molecular weight excluding hydrogens is 284 g/mol. The zero-order valence-electron chi connectivity index (χ0n) is 14.6. The van der Waals surface area contributed by atoms with E-state index in [-0.39, 0.29) is 5.92 Å². The van der Waals surface area contributed by atoms with Gasteiger partial charge in [0.25, 0.3) is 0 Å². The fraction of sp³-hybridized carbons (Fsp3) is 0.650. The molecule has 3 nitrogen and oxygen atoms in total. The van der Waals surface area contributed by atoms with Gasteiger partial charge in [0.15, 0.2) is 0 Å². The third-order valence-corrected chi connectivity index (χ3v) is 5.48. The van der Waals surface area contributed by atoms with Crippen LogP contribution in [-0.4, -0.2) is 36.0 Å². The molecule has 3 rings (SSSR count). The number of benzene rings is 1. The second kappa shape index (κ2) is 7.48. The highest BCUT2D eigenvalue weighted by Crippen LogP contribution is 2.27. The first kappa shape index (κ1) is 16.5. The van der Waals surface area contributed by atoms with Crippen molar-refractivity contribution < 1.29 is 4.79 Å². The van der Waals surface area contributed by atoms with E-state index in [1.807, 2.05) is 0 Å². The van der Waals surface area contributed by atoms with Crippen molar-refractivity contribution in [3.8, 4) is 0 Å². The quantitative estimate of drug-likeness (QED) is 0.926. The summed E-state index contributed by atoms with van der Waals surface area (Å²) in [4.78, 5) is 15.4. The van der Waals surface area contributed by atoms with Crippen molar-refractivity contribution in [1.82, 2.24) is 10.2 Å². The lowest BCUT2D eigenvalue weighted by molar-refractivity contribution is -0.139. The van der Waals surface area contributed by atoms with Crippen LogP contribution in [0.4, 0.5) is 0 Å². The van der Waals surface area contributed by atoms with Gasteiger partial charge in [0.1, 0.15) is 0 Å². The summed E-state index contributed by atoms with van der Waals surface area (Å²) in [6.45, 7) is 6.26. The van der Waals surface area contributed by atoms with E-state index in [1.165, 1.54) is 11.1 Å². The predicted octanol–water partition coefficient (Wildman–Crippen LogP) is 3.17. The molecule has 0 radical (unpaired) electrons. The molecule has 1 heterocycles. The minimum absolute atomic E-state index is 0.218. The number of aryl methyl sites for hydroxylation is 1. The SMILES string of the molecule is CCCN(C(=O)[C@H]1CCN[C@@H](C)C1)C1CCc2ccccc2C1. The molecule has 0 saturated carbocycles. The Hall–Kier alpha value is -1.35. The van der Waals surface area contributed by atoms with Crippen molar-refractivity contribution in [1.29, 1.82) is 0 Å². The molecule has 23 heavy (non-hydrogen) atoms. The maximum Gasteiger partial charge on any atom is 0.226 e. The van der Waals surface area contributed by atoms with Gasteiger partial charge >= 0.3 is 0 Å². The monoisotopic (exact) mass is 314 g/mol. The van der Waals surface area contributed by atoms with E-state index in [1.54, 1.807) is 0 Å². The molecule has 126 valence electrons. The molecule has 1 unspecified atom stereocenters. The third-order valence-electron chi connectivity index (χ3n) is 5.48. The van der Waals surface area contributed by atoms with Crippen molar-refractivity contribution in [2.75, 3.05) is 13.1 Å². The van der Waals surface area contributed by atoms with Crippen LogP contribution in [0.25, 0.3) is 0 Å². The Kier molecular flexibility index (Phi) is 5.37. The normalized spacial score (nSPS) is 27.3. The zero-order chi connectivity index (χ0) is 16.2. The van der Waals surface area contributed by atoms with Gasteiger partial charge in [-0.1, -0.05) is 31.2 Å². The number of nitrogens with zero attached hydrogens (tertiary/aromatic N) is 1. The van der Waals surface area contributed by atoms with Gasteiger partial charge in [-0.2, -0.15) is 0 Å². The first-order valence-corrected chi connectivity index (χ1v) is 9.29. The minimum Gasteiger partial charge on any atom is -0.339 e. The van der Waals surface area contributed by atoms with Crippen LogP contribution in [-0.2, 0) is 17.6 Å². The van der Waals surface area contributed by atoms with Crippen molar-refractivity contribution >= 4 is 5.91 Å². The molecule has 1 aliphatic carbocycles. The van der Waals surface area contributed by atoms with Crippen LogP contribution in [0.3, 0.4) is 0 Å². The molecule has 3 heteroatoms. The van der Waals surface area contributed by atoms with Crippen molar-refractivity contribution in [3.05, 3.63) is 35.4 Å². The lowest BCUT2D eigenvalue weighted by atomic mass is 9.85. The predicted molar refractivity (Wildman–Crippen MR) is 94.4 cm³/mol. The van der Waals surface area contributed by atoms with Crippen molar-refractivity contribution in [2.45, 2.75) is 64.5 Å². The number of hydrogen-bond acceptors (Lipinski definition) is 2. The summed E-state index contributed by atoms with van der Waals surface area (Å²) in [6.07, 6.45) is 6.28. The number of fused-ring (bicyclic) bond motifs is 1. The number of rotatable bonds is 4. The molecule has 2 aliphatic rings. The molecule has 1 fully saturated rings. The van der Waals surface area contributed by atoms with Gasteiger partial charge in [-0.05, 0) is 63.1 Å². The molecule has 1 aliphatic heterocycles. The highest BCUT2D eigenvalue weighted by molar-refractivity contribution is 5.79. The number of amides is 1. The molecule has 3 atom stereocenters. The summed E-state index contributed by atoms with van der Waals surface area (Å²) in [6, 6.07) is 9.59. The average molecular weight is 314 g/mol. The molecule has 1 N–H and O–H groups in total. The number of nitrogens with one attached hydrogen (secondary N) is 1. The van der Waals surface area contributed by atoms with Gasteiger partial charge in [0.2, 0.25) is 5.91 Å². The Morgan fingerprint density at radius 3 is 2.78 bits per heavy atom. The van der Waals surface area contributed by atoms with E-state index >= 15 is 0 Å². The van der Waals surface area contributed by atoms with E-state index in [0.717, 1.165) is 51.6 Å². The summed E-state index contributed by atoms with van der Waals surface area (Å²) in [5.41, 5.74) is 2.92. The summed E-state index contributed by atoms with van der Waals surface area (Å²) >= 11 is 0. The van der Waals surface area contributed by atoms with Crippen LogP contribution in [0.5, 0.6) is 0 Å². The largest absolute Gasteiger partial charge is 0.339 e. The van der Waals surface area contributed by atoms with Gasteiger partial charge in [0.05, 0.1) is 0 Å². The molecule has 1 saturated heterocycles. The number of hydrogen-bond donors (Lipinski definition) is 1. The van der Waals surface area contributed by atoms with Gasteiger partial charge in [-0.15, -0.1) is 0 Å². The van der Waals surface area contributed by atoms with Crippen LogP contribution in [0, 0.1) is 5.92 Å². The van der Waals surface area contributed by atoms with E-state index in [2.05, 4.69) is 48.3 Å². The second-order valence-corrected chi connectivity index (χ2v) is 7.27. The maximum absolute atomic E-state index is 13.1. The van der Waals surface area contributed by atoms with E-state index < -0.39 is 0 Å². The molecule has 1 aromatic carbocycles. The smallest absolute Gasteiger partial charge is 0.226 e. The summed E-state index contributed by atoms with van der Waals surface area (Å²) in [7, 11) is 0. The van der Waals surface area contributed by atoms with Gasteiger partial charge in [0, 0.05) is 24.5 Å². The lowest BCUT2D eigenvalue weighted by Crippen LogP contribution is -2.49. The number of carbonyl (C=O) groups excluding carboxylic acids is 1. The van der Waals surface area contributed by atoms with Gasteiger partial charge in [-0.25, -0.2) is 0 Å². The van der Waals surface area contributed by atoms with E-state index in [4.69, 9.17) is 0 Å². The molecule has 1 amide bonds. The van der Waals surface area contributed by atoms with E-state index in [9.17, 15) is 4.79 Å². The number of carbonyl (C=O) groups is 1. The molecule has 0 aromatic heterocycles. The first-order valence-electron chi connectivity index (χ1n) is 9.29. The molecule has 0 bridgehead atoms. The van der Waals surface area contributed by atoms with Crippen LogP contribution in [0.15, 0.2) is 24.3 Å². The van der Waals surface area contributed by atoms with Crippen LogP contribution in [0.1, 0.15) is 50.7 Å². The number of piperidine rings is 1. The second-order valence-electron chi connectivity index (χ2n) is 7.27. The lowest BCUT2D eigenvalue weighted by Gasteiger charge is -2.39. The Balaban J connectivity index is 1.72. The van der Waals surface area contributed by atoms with Crippen molar-refractivity contribution in [2.24, 2.45) is 5.92 Å². The fourth-order valence-electron chi connectivity index (χ4n) is 4.25. The molecule has 1 aromatic rings. The van der Waals surface area contributed by atoms with Crippen molar-refractivity contribution in [3.63, 3.8) is 0 Å². The highest BCUT2D eigenvalue weighted by Gasteiger charge is 2.33. The molecule has 0 spiro atoms. The minimum atomic E-state index is 0.218. The van der Waals surface area contributed by atoms with Gasteiger partial charge < -0.3 is 10.2 Å².